The van der Waals surface area contributed by atoms with Crippen LogP contribution in [0, 0.1) is 0 Å². The zero-order valence-corrected chi connectivity index (χ0v) is 8.84. The standard InChI is InChI=1S/C10H12ClNO2/c1-7(10(13)12-2)14-9-5-3-8(11)4-6-9/h3-7H,1-2H3,(H,12,13). The molecular weight excluding hydrogens is 202 g/mol. The van der Waals surface area contributed by atoms with Crippen molar-refractivity contribution in [2.24, 2.45) is 0 Å². The lowest BCUT2D eigenvalue weighted by atomic mass is 10.3. The van der Waals surface area contributed by atoms with Gasteiger partial charge >= 0.3 is 0 Å². The molecule has 0 aromatic heterocycles. The van der Waals surface area contributed by atoms with E-state index in [1.165, 1.54) is 0 Å². The third-order valence-electron chi connectivity index (χ3n) is 1.74. The van der Waals surface area contributed by atoms with Crippen LogP contribution in [-0.2, 0) is 4.79 Å². The Morgan fingerprint density at radius 2 is 2.00 bits per heavy atom. The van der Waals surface area contributed by atoms with Gasteiger partial charge in [0, 0.05) is 12.1 Å². The Labute approximate surface area is 88.0 Å². The lowest BCUT2D eigenvalue weighted by Crippen LogP contribution is -2.33. The monoisotopic (exact) mass is 213 g/mol. The summed E-state index contributed by atoms with van der Waals surface area (Å²) in [6.07, 6.45) is -0.499. The smallest absolute Gasteiger partial charge is 0.260 e. The molecule has 0 aliphatic heterocycles. The number of rotatable bonds is 3. The van der Waals surface area contributed by atoms with Crippen molar-refractivity contribution in [2.75, 3.05) is 7.05 Å². The van der Waals surface area contributed by atoms with Gasteiger partial charge in [-0.15, -0.1) is 0 Å². The fourth-order valence-corrected chi connectivity index (χ4v) is 1.10. The largest absolute Gasteiger partial charge is 0.481 e. The molecule has 76 valence electrons. The van der Waals surface area contributed by atoms with Crippen molar-refractivity contribution in [3.05, 3.63) is 29.3 Å². The van der Waals surface area contributed by atoms with Crippen LogP contribution in [0.4, 0.5) is 0 Å². The van der Waals surface area contributed by atoms with Gasteiger partial charge in [0.15, 0.2) is 6.10 Å². The molecule has 0 spiro atoms. The first kappa shape index (κ1) is 10.9. The third-order valence-corrected chi connectivity index (χ3v) is 1.99. The number of nitrogens with one attached hydrogen (secondary N) is 1. The molecule has 0 bridgehead atoms. The molecule has 1 aromatic carbocycles. The van der Waals surface area contributed by atoms with Gasteiger partial charge in [-0.3, -0.25) is 4.79 Å². The van der Waals surface area contributed by atoms with E-state index in [4.69, 9.17) is 16.3 Å². The summed E-state index contributed by atoms with van der Waals surface area (Å²) < 4.78 is 5.35. The predicted molar refractivity (Wildman–Crippen MR) is 55.6 cm³/mol. The van der Waals surface area contributed by atoms with E-state index in [0.29, 0.717) is 10.8 Å². The molecule has 1 N–H and O–H groups in total. The van der Waals surface area contributed by atoms with E-state index < -0.39 is 6.10 Å². The number of halogens is 1. The molecule has 0 aliphatic rings. The molecule has 3 nitrogen and oxygen atoms in total. The summed E-state index contributed by atoms with van der Waals surface area (Å²) in [5, 5.41) is 3.15. The highest BCUT2D eigenvalue weighted by molar-refractivity contribution is 6.30. The van der Waals surface area contributed by atoms with Crippen molar-refractivity contribution in [1.29, 1.82) is 0 Å². The minimum atomic E-state index is -0.499. The molecule has 0 saturated carbocycles. The van der Waals surface area contributed by atoms with Crippen molar-refractivity contribution in [1.82, 2.24) is 5.32 Å². The fourth-order valence-electron chi connectivity index (χ4n) is 0.974. The Morgan fingerprint density at radius 1 is 1.43 bits per heavy atom. The summed E-state index contributed by atoms with van der Waals surface area (Å²) >= 11 is 5.70. The topological polar surface area (TPSA) is 38.3 Å². The minimum absolute atomic E-state index is 0.153. The number of benzene rings is 1. The summed E-state index contributed by atoms with van der Waals surface area (Å²) in [5.74, 6) is 0.477. The molecule has 1 amide bonds. The van der Waals surface area contributed by atoms with Gasteiger partial charge in [0.1, 0.15) is 5.75 Å². The quantitative estimate of drug-likeness (QED) is 0.832. The SMILES string of the molecule is CNC(=O)C(C)Oc1ccc(Cl)cc1. The molecule has 14 heavy (non-hydrogen) atoms. The molecule has 1 atom stereocenters. The normalized spacial score (nSPS) is 11.9. The van der Waals surface area contributed by atoms with Gasteiger partial charge < -0.3 is 10.1 Å². The number of likely N-dealkylation sites (N-methyl/N-ethyl adjacent to an activating group) is 1. The van der Waals surface area contributed by atoms with Crippen LogP contribution >= 0.6 is 11.6 Å². The van der Waals surface area contributed by atoms with E-state index in [0.717, 1.165) is 0 Å². The highest BCUT2D eigenvalue weighted by Gasteiger charge is 2.11. The second-order valence-corrected chi connectivity index (χ2v) is 3.26. The first-order valence-electron chi connectivity index (χ1n) is 4.27. The Hall–Kier alpha value is -1.22. The molecule has 0 radical (unpaired) electrons. The maximum atomic E-state index is 11.1. The summed E-state index contributed by atoms with van der Waals surface area (Å²) in [6, 6.07) is 6.88. The molecule has 1 unspecified atom stereocenters. The third kappa shape index (κ3) is 2.92. The van der Waals surface area contributed by atoms with E-state index in [1.54, 1.807) is 38.2 Å². The van der Waals surface area contributed by atoms with E-state index in [9.17, 15) is 4.79 Å². The van der Waals surface area contributed by atoms with Gasteiger partial charge in [0.05, 0.1) is 0 Å². The maximum absolute atomic E-state index is 11.1. The molecule has 0 aliphatic carbocycles. The van der Waals surface area contributed by atoms with E-state index in [1.807, 2.05) is 0 Å². The number of hydrogen-bond acceptors (Lipinski definition) is 2. The van der Waals surface area contributed by atoms with E-state index in [-0.39, 0.29) is 5.91 Å². The van der Waals surface area contributed by atoms with Crippen LogP contribution in [0.1, 0.15) is 6.92 Å². The van der Waals surface area contributed by atoms with Crippen molar-refractivity contribution < 1.29 is 9.53 Å². The van der Waals surface area contributed by atoms with Gasteiger partial charge in [0.2, 0.25) is 0 Å². The van der Waals surface area contributed by atoms with Crippen molar-refractivity contribution in [3.63, 3.8) is 0 Å². The Bertz CT molecular complexity index is 310. The second-order valence-electron chi connectivity index (χ2n) is 2.83. The molecule has 0 heterocycles. The molecular formula is C10H12ClNO2. The van der Waals surface area contributed by atoms with Gasteiger partial charge in [-0.1, -0.05) is 11.6 Å². The highest BCUT2D eigenvalue weighted by Crippen LogP contribution is 2.16. The van der Waals surface area contributed by atoms with Gasteiger partial charge in [0.25, 0.3) is 5.91 Å². The fraction of sp³-hybridized carbons (Fsp3) is 0.300. The van der Waals surface area contributed by atoms with Crippen LogP contribution in [0.5, 0.6) is 5.75 Å². The number of carbonyl (C=O) groups is 1. The zero-order valence-electron chi connectivity index (χ0n) is 8.08. The van der Waals surface area contributed by atoms with Gasteiger partial charge in [-0.05, 0) is 31.2 Å². The van der Waals surface area contributed by atoms with Gasteiger partial charge in [-0.25, -0.2) is 0 Å². The van der Waals surface area contributed by atoms with Crippen LogP contribution in [0.25, 0.3) is 0 Å². The molecule has 0 fully saturated rings. The Kier molecular flexibility index (Phi) is 3.77. The van der Waals surface area contributed by atoms with Gasteiger partial charge in [-0.2, -0.15) is 0 Å². The first-order valence-corrected chi connectivity index (χ1v) is 4.65. The molecule has 1 aromatic rings. The number of ether oxygens (including phenoxy) is 1. The zero-order chi connectivity index (χ0) is 10.6. The summed E-state index contributed by atoms with van der Waals surface area (Å²) in [5.41, 5.74) is 0. The average molecular weight is 214 g/mol. The molecule has 1 rings (SSSR count). The van der Waals surface area contributed by atoms with Crippen molar-refractivity contribution in [2.45, 2.75) is 13.0 Å². The summed E-state index contributed by atoms with van der Waals surface area (Å²) in [7, 11) is 1.57. The number of hydrogen-bond donors (Lipinski definition) is 1. The highest BCUT2D eigenvalue weighted by atomic mass is 35.5. The van der Waals surface area contributed by atoms with Crippen LogP contribution in [0.15, 0.2) is 24.3 Å². The summed E-state index contributed by atoms with van der Waals surface area (Å²) in [6.45, 7) is 1.69. The van der Waals surface area contributed by atoms with Crippen LogP contribution in [-0.4, -0.2) is 19.1 Å². The van der Waals surface area contributed by atoms with E-state index >= 15 is 0 Å². The number of carbonyl (C=O) groups excluding carboxylic acids is 1. The average Bonchev–Trinajstić information content (AvgIpc) is 2.20. The lowest BCUT2D eigenvalue weighted by molar-refractivity contribution is -0.126. The van der Waals surface area contributed by atoms with Crippen LogP contribution in [0.2, 0.25) is 5.02 Å². The van der Waals surface area contributed by atoms with Crippen molar-refractivity contribution in [3.8, 4) is 5.75 Å². The molecule has 4 heteroatoms. The molecule has 0 saturated heterocycles. The first-order chi connectivity index (χ1) is 6.63. The predicted octanol–water partition coefficient (Wildman–Crippen LogP) is 1.85. The minimum Gasteiger partial charge on any atom is -0.481 e. The van der Waals surface area contributed by atoms with Crippen LogP contribution in [0.3, 0.4) is 0 Å². The second kappa shape index (κ2) is 4.86. The number of amides is 1. The Morgan fingerprint density at radius 3 is 2.50 bits per heavy atom. The van der Waals surface area contributed by atoms with E-state index in [2.05, 4.69) is 5.32 Å². The van der Waals surface area contributed by atoms with Crippen molar-refractivity contribution >= 4 is 17.5 Å². The Balaban J connectivity index is 2.60. The summed E-state index contributed by atoms with van der Waals surface area (Å²) in [4.78, 5) is 11.1. The maximum Gasteiger partial charge on any atom is 0.260 e. The lowest BCUT2D eigenvalue weighted by Gasteiger charge is -2.12. The van der Waals surface area contributed by atoms with Crippen LogP contribution < -0.4 is 10.1 Å².